The SMILES string of the molecule is C[C@H](O)CN(C[C@H](C)NC(=O)OC(C)(C)C)C(=O)N1Cc2c(C(=O)OC(C)(C)C)ncn2-c2ccc(C(F)(F)F)cc21. The van der Waals surface area contributed by atoms with E-state index in [4.69, 9.17) is 9.47 Å². The Morgan fingerprint density at radius 3 is 2.19 bits per heavy atom. The molecule has 3 rings (SSSR count). The van der Waals surface area contributed by atoms with Gasteiger partial charge in [0, 0.05) is 19.1 Å². The molecule has 11 nitrogen and oxygen atoms in total. The van der Waals surface area contributed by atoms with Crippen LogP contribution < -0.4 is 10.2 Å². The van der Waals surface area contributed by atoms with Crippen LogP contribution in [-0.2, 0) is 22.2 Å². The lowest BCUT2D eigenvalue weighted by atomic mass is 10.1. The van der Waals surface area contributed by atoms with Gasteiger partial charge in [0.05, 0.1) is 35.3 Å². The lowest BCUT2D eigenvalue weighted by molar-refractivity contribution is -0.137. The van der Waals surface area contributed by atoms with Gasteiger partial charge in [-0.1, -0.05) is 0 Å². The highest BCUT2D eigenvalue weighted by Gasteiger charge is 2.38. The highest BCUT2D eigenvalue weighted by atomic mass is 19.4. The molecule has 2 atom stereocenters. The van der Waals surface area contributed by atoms with Crippen LogP contribution in [-0.4, -0.2) is 74.1 Å². The number of alkyl carbamates (subject to hydrolysis) is 1. The van der Waals surface area contributed by atoms with Gasteiger partial charge < -0.3 is 24.8 Å². The minimum Gasteiger partial charge on any atom is -0.455 e. The van der Waals surface area contributed by atoms with E-state index in [9.17, 15) is 32.7 Å². The average molecular weight is 598 g/mol. The maximum absolute atomic E-state index is 14.0. The summed E-state index contributed by atoms with van der Waals surface area (Å²) in [6.07, 6.45) is -5.12. The van der Waals surface area contributed by atoms with Crippen LogP contribution in [0.3, 0.4) is 0 Å². The van der Waals surface area contributed by atoms with Crippen molar-refractivity contribution in [2.45, 2.75) is 91.5 Å². The first-order valence-electron chi connectivity index (χ1n) is 13.4. The summed E-state index contributed by atoms with van der Waals surface area (Å²) in [5.41, 5.74) is -2.31. The number of ether oxygens (including phenoxy) is 2. The lowest BCUT2D eigenvalue weighted by Crippen LogP contribution is -2.52. The molecule has 0 bridgehead atoms. The fourth-order valence-corrected chi connectivity index (χ4v) is 4.36. The van der Waals surface area contributed by atoms with Crippen LogP contribution in [0.1, 0.15) is 77.1 Å². The fourth-order valence-electron chi connectivity index (χ4n) is 4.36. The maximum atomic E-state index is 14.0. The number of rotatable bonds is 6. The summed E-state index contributed by atoms with van der Waals surface area (Å²) in [6.45, 7) is 12.6. The first-order valence-corrected chi connectivity index (χ1v) is 13.4. The molecule has 0 fully saturated rings. The standard InChI is InChI=1S/C28H38F3N5O6/c1-16(33-24(39)42-27(6,7)8)12-34(13-17(2)37)25(40)35-14-21-22(23(38)41-26(3,4)5)32-15-36(21)19-10-9-18(11-20(19)35)28(29,30)31/h9-11,15-17,37H,12-14H2,1-8H3,(H,33,39)/t16-,17-/m0/s1. The number of nitrogens with zero attached hydrogens (tertiary/aromatic N) is 4. The van der Waals surface area contributed by atoms with Gasteiger partial charge in [0.15, 0.2) is 5.69 Å². The second-order valence-corrected chi connectivity index (χ2v) is 12.3. The molecule has 1 aliphatic rings. The van der Waals surface area contributed by atoms with Crippen LogP contribution in [0, 0.1) is 0 Å². The number of halogens is 3. The van der Waals surface area contributed by atoms with Gasteiger partial charge in [0.2, 0.25) is 0 Å². The topological polar surface area (TPSA) is 126 Å². The largest absolute Gasteiger partial charge is 0.455 e. The molecular weight excluding hydrogens is 559 g/mol. The highest BCUT2D eigenvalue weighted by molar-refractivity contribution is 5.97. The van der Waals surface area contributed by atoms with Crippen LogP contribution in [0.5, 0.6) is 0 Å². The second kappa shape index (κ2) is 11.8. The molecule has 2 heterocycles. The number of alkyl halides is 3. The Labute approximate surface area is 242 Å². The summed E-state index contributed by atoms with van der Waals surface area (Å²) in [5.74, 6) is -0.755. The van der Waals surface area contributed by atoms with Crippen molar-refractivity contribution in [1.29, 1.82) is 0 Å². The maximum Gasteiger partial charge on any atom is 0.416 e. The van der Waals surface area contributed by atoms with E-state index in [1.54, 1.807) is 48.5 Å². The second-order valence-electron chi connectivity index (χ2n) is 12.3. The number of aromatic nitrogens is 2. The summed E-state index contributed by atoms with van der Waals surface area (Å²) in [4.78, 5) is 45.7. The molecule has 0 saturated carbocycles. The van der Waals surface area contributed by atoms with Gasteiger partial charge in [-0.25, -0.2) is 19.4 Å². The minimum atomic E-state index is -4.69. The number of nitrogens with one attached hydrogen (secondary N) is 1. The number of aliphatic hydroxyl groups is 1. The zero-order valence-corrected chi connectivity index (χ0v) is 25.0. The van der Waals surface area contributed by atoms with Crippen molar-refractivity contribution < 1.29 is 42.1 Å². The van der Waals surface area contributed by atoms with E-state index in [1.807, 2.05) is 0 Å². The summed E-state index contributed by atoms with van der Waals surface area (Å²) in [7, 11) is 0. The van der Waals surface area contributed by atoms with Crippen LogP contribution in [0.2, 0.25) is 0 Å². The van der Waals surface area contributed by atoms with Crippen molar-refractivity contribution in [3.05, 3.63) is 41.5 Å². The van der Waals surface area contributed by atoms with E-state index in [0.29, 0.717) is 0 Å². The number of aliphatic hydroxyl groups excluding tert-OH is 1. The molecule has 0 aliphatic carbocycles. The van der Waals surface area contributed by atoms with E-state index < -0.39 is 53.2 Å². The molecule has 0 unspecified atom stereocenters. The Balaban J connectivity index is 2.03. The number of fused-ring (bicyclic) bond motifs is 3. The Kier molecular flexibility index (Phi) is 9.20. The van der Waals surface area contributed by atoms with E-state index in [-0.39, 0.29) is 42.4 Å². The zero-order chi connectivity index (χ0) is 31.8. The highest BCUT2D eigenvalue weighted by Crippen LogP contribution is 2.39. The van der Waals surface area contributed by atoms with Crippen molar-refractivity contribution in [3.63, 3.8) is 0 Å². The van der Waals surface area contributed by atoms with Crippen LogP contribution in [0.15, 0.2) is 24.5 Å². The molecule has 232 valence electrons. The Hall–Kier alpha value is -3.81. The van der Waals surface area contributed by atoms with Crippen molar-refractivity contribution in [2.75, 3.05) is 18.0 Å². The van der Waals surface area contributed by atoms with Crippen molar-refractivity contribution in [1.82, 2.24) is 19.8 Å². The lowest BCUT2D eigenvalue weighted by Gasteiger charge is -2.37. The van der Waals surface area contributed by atoms with Crippen LogP contribution >= 0.6 is 0 Å². The number of esters is 1. The smallest absolute Gasteiger partial charge is 0.416 e. The molecule has 3 amide bonds. The van der Waals surface area contributed by atoms with Gasteiger partial charge in [0.1, 0.15) is 17.5 Å². The predicted octanol–water partition coefficient (Wildman–Crippen LogP) is 4.88. The van der Waals surface area contributed by atoms with Crippen molar-refractivity contribution >= 4 is 23.8 Å². The molecule has 42 heavy (non-hydrogen) atoms. The molecule has 2 aromatic rings. The summed E-state index contributed by atoms with van der Waals surface area (Å²) < 4.78 is 53.3. The van der Waals surface area contributed by atoms with E-state index in [0.717, 1.165) is 17.0 Å². The molecule has 2 N–H and O–H groups in total. The molecular formula is C28H38F3N5O6. The van der Waals surface area contributed by atoms with Crippen LogP contribution in [0.4, 0.5) is 28.4 Å². The molecule has 1 aliphatic heterocycles. The number of imidazole rings is 1. The van der Waals surface area contributed by atoms with Crippen molar-refractivity contribution in [2.24, 2.45) is 0 Å². The van der Waals surface area contributed by atoms with Gasteiger partial charge in [-0.2, -0.15) is 13.2 Å². The van der Waals surface area contributed by atoms with Gasteiger partial charge in [0.25, 0.3) is 0 Å². The minimum absolute atomic E-state index is 0.0705. The third-order valence-electron chi connectivity index (χ3n) is 5.86. The molecule has 1 aromatic heterocycles. The van der Waals surface area contributed by atoms with E-state index in [1.165, 1.54) is 28.8 Å². The first-order chi connectivity index (χ1) is 19.2. The molecule has 1 aromatic carbocycles. The first kappa shape index (κ1) is 32.7. The zero-order valence-electron chi connectivity index (χ0n) is 25.0. The van der Waals surface area contributed by atoms with Gasteiger partial charge >= 0.3 is 24.3 Å². The summed E-state index contributed by atoms with van der Waals surface area (Å²) in [6, 6.07) is 1.53. The van der Waals surface area contributed by atoms with Crippen molar-refractivity contribution in [3.8, 4) is 5.69 Å². The van der Waals surface area contributed by atoms with Gasteiger partial charge in [-0.05, 0) is 73.6 Å². The fraction of sp³-hybridized carbons (Fsp3) is 0.571. The Morgan fingerprint density at radius 1 is 1.02 bits per heavy atom. The van der Waals surface area contributed by atoms with E-state index in [2.05, 4.69) is 10.3 Å². The normalized spacial score (nSPS) is 14.8. The third-order valence-corrected chi connectivity index (χ3v) is 5.86. The number of carbonyl (C=O) groups excluding carboxylic acids is 3. The third kappa shape index (κ3) is 8.14. The number of amides is 3. The number of carbonyl (C=O) groups is 3. The Morgan fingerprint density at radius 2 is 1.64 bits per heavy atom. The average Bonchev–Trinajstić information content (AvgIpc) is 3.23. The number of benzene rings is 1. The number of urea groups is 1. The van der Waals surface area contributed by atoms with Gasteiger partial charge in [-0.3, -0.25) is 9.47 Å². The quantitative estimate of drug-likeness (QED) is 0.455. The Bertz CT molecular complexity index is 1330. The molecule has 0 spiro atoms. The predicted molar refractivity (Wildman–Crippen MR) is 147 cm³/mol. The van der Waals surface area contributed by atoms with E-state index >= 15 is 0 Å². The van der Waals surface area contributed by atoms with Crippen LogP contribution in [0.25, 0.3) is 5.69 Å². The summed E-state index contributed by atoms with van der Waals surface area (Å²) >= 11 is 0. The molecule has 0 saturated heterocycles. The van der Waals surface area contributed by atoms with Gasteiger partial charge in [-0.15, -0.1) is 0 Å². The number of anilines is 1. The molecule has 0 radical (unpaired) electrons. The molecule has 14 heteroatoms. The number of hydrogen-bond donors (Lipinski definition) is 2. The monoisotopic (exact) mass is 597 g/mol. The number of hydrogen-bond acceptors (Lipinski definition) is 7. The summed E-state index contributed by atoms with van der Waals surface area (Å²) in [5, 5.41) is 12.8.